The van der Waals surface area contributed by atoms with E-state index in [1.807, 2.05) is 37.3 Å². The number of rotatable bonds is 7. The zero-order valence-electron chi connectivity index (χ0n) is 18.2. The lowest BCUT2D eigenvalue weighted by Gasteiger charge is -2.38. The molecule has 0 aromatic heterocycles. The van der Waals surface area contributed by atoms with Crippen LogP contribution in [0.5, 0.6) is 0 Å². The van der Waals surface area contributed by atoms with Crippen molar-refractivity contribution >= 4 is 11.9 Å². The molecule has 1 atom stereocenters. The summed E-state index contributed by atoms with van der Waals surface area (Å²) in [6, 6.07) is 13.3. The van der Waals surface area contributed by atoms with Crippen molar-refractivity contribution in [3.05, 3.63) is 71.3 Å². The van der Waals surface area contributed by atoms with Gasteiger partial charge in [0.25, 0.3) is 5.91 Å². The van der Waals surface area contributed by atoms with Gasteiger partial charge >= 0.3 is 6.03 Å². The maximum atomic E-state index is 14.1. The van der Waals surface area contributed by atoms with Crippen LogP contribution in [0.3, 0.4) is 0 Å². The van der Waals surface area contributed by atoms with Crippen LogP contribution in [0.2, 0.25) is 0 Å². The summed E-state index contributed by atoms with van der Waals surface area (Å²) >= 11 is 0. The maximum Gasteiger partial charge on any atom is 0.326 e. The van der Waals surface area contributed by atoms with Gasteiger partial charge in [0, 0.05) is 25.2 Å². The van der Waals surface area contributed by atoms with E-state index in [2.05, 4.69) is 10.2 Å². The third kappa shape index (κ3) is 4.52. The van der Waals surface area contributed by atoms with Crippen molar-refractivity contribution in [1.82, 2.24) is 20.0 Å². The summed E-state index contributed by atoms with van der Waals surface area (Å²) in [6.07, 6.45) is 1.37. The van der Waals surface area contributed by atoms with Crippen molar-refractivity contribution in [3.63, 3.8) is 0 Å². The van der Waals surface area contributed by atoms with Gasteiger partial charge in [0.2, 0.25) is 0 Å². The molecule has 0 saturated carbocycles. The molecule has 32 heavy (non-hydrogen) atoms. The van der Waals surface area contributed by atoms with Gasteiger partial charge in [-0.1, -0.05) is 43.3 Å². The molecule has 2 aromatic carbocycles. The number of amides is 3. The molecular formula is C24H28F2N4O2. The Bertz CT molecular complexity index is 967. The van der Waals surface area contributed by atoms with Crippen LogP contribution in [0.4, 0.5) is 13.6 Å². The molecule has 2 aliphatic rings. The maximum absolute atomic E-state index is 14.1. The molecule has 4 rings (SSSR count). The van der Waals surface area contributed by atoms with Gasteiger partial charge in [0.05, 0.1) is 6.67 Å². The number of benzene rings is 2. The minimum absolute atomic E-state index is 0.0185. The highest BCUT2D eigenvalue weighted by Gasteiger charge is 2.53. The van der Waals surface area contributed by atoms with Crippen LogP contribution in [-0.4, -0.2) is 58.5 Å². The fourth-order valence-electron chi connectivity index (χ4n) is 4.57. The standard InChI is InChI=1S/C24H28F2N4O2/c1-2-28(15-19-20(25)10-6-11-21(19)26)17-30-22(31)24(27-23(30)32)12-7-13-29(16-24)14-18-8-4-3-5-9-18/h3-6,8-11H,2,7,12-17H2,1H3,(H,27,32). The molecule has 170 valence electrons. The summed E-state index contributed by atoms with van der Waals surface area (Å²) in [5, 5.41) is 2.92. The van der Waals surface area contributed by atoms with Gasteiger partial charge in [-0.05, 0) is 43.6 Å². The summed E-state index contributed by atoms with van der Waals surface area (Å²) in [7, 11) is 0. The first kappa shape index (κ1) is 22.4. The number of likely N-dealkylation sites (tertiary alicyclic amines) is 1. The second-order valence-corrected chi connectivity index (χ2v) is 8.53. The Hall–Kier alpha value is -2.84. The van der Waals surface area contributed by atoms with Crippen molar-refractivity contribution in [1.29, 1.82) is 0 Å². The van der Waals surface area contributed by atoms with Crippen LogP contribution in [0, 0.1) is 11.6 Å². The molecule has 1 N–H and O–H groups in total. The predicted molar refractivity (Wildman–Crippen MR) is 116 cm³/mol. The van der Waals surface area contributed by atoms with E-state index in [0.717, 1.165) is 18.5 Å². The molecule has 0 aliphatic carbocycles. The van der Waals surface area contributed by atoms with Gasteiger partial charge in [-0.25, -0.2) is 18.5 Å². The summed E-state index contributed by atoms with van der Waals surface area (Å²) < 4.78 is 28.2. The van der Waals surface area contributed by atoms with E-state index in [1.54, 1.807) is 4.90 Å². The molecule has 2 aromatic rings. The first-order valence-electron chi connectivity index (χ1n) is 11.0. The third-order valence-electron chi connectivity index (χ3n) is 6.30. The summed E-state index contributed by atoms with van der Waals surface area (Å²) in [5.74, 6) is -1.55. The smallest absolute Gasteiger partial charge is 0.322 e. The Morgan fingerprint density at radius 1 is 1.06 bits per heavy atom. The average Bonchev–Trinajstić information content (AvgIpc) is 2.99. The van der Waals surface area contributed by atoms with E-state index in [9.17, 15) is 18.4 Å². The first-order chi connectivity index (χ1) is 15.4. The number of carbonyl (C=O) groups excluding carboxylic acids is 2. The SMILES string of the molecule is CCN(Cc1c(F)cccc1F)CN1C(=O)NC2(CCCN(Cc3ccccc3)C2)C1=O. The number of halogens is 2. The molecule has 2 saturated heterocycles. The number of nitrogens with zero attached hydrogens (tertiary/aromatic N) is 3. The van der Waals surface area contributed by atoms with Gasteiger partial charge in [0.15, 0.2) is 0 Å². The van der Waals surface area contributed by atoms with Crippen LogP contribution in [0.15, 0.2) is 48.5 Å². The molecule has 2 aliphatic heterocycles. The Kier molecular flexibility index (Phi) is 6.53. The fraction of sp³-hybridized carbons (Fsp3) is 0.417. The Morgan fingerprint density at radius 3 is 2.47 bits per heavy atom. The van der Waals surface area contributed by atoms with Crippen LogP contribution < -0.4 is 5.32 Å². The van der Waals surface area contributed by atoms with Crippen LogP contribution in [0.1, 0.15) is 30.9 Å². The quantitative estimate of drug-likeness (QED) is 0.669. The van der Waals surface area contributed by atoms with E-state index in [-0.39, 0.29) is 24.7 Å². The minimum atomic E-state index is -0.952. The zero-order valence-corrected chi connectivity index (χ0v) is 18.2. The monoisotopic (exact) mass is 442 g/mol. The largest absolute Gasteiger partial charge is 0.326 e. The number of hydrogen-bond acceptors (Lipinski definition) is 4. The lowest BCUT2D eigenvalue weighted by molar-refractivity contribution is -0.134. The van der Waals surface area contributed by atoms with Gasteiger partial charge in [-0.15, -0.1) is 0 Å². The topological polar surface area (TPSA) is 55.9 Å². The third-order valence-corrected chi connectivity index (χ3v) is 6.30. The van der Waals surface area contributed by atoms with E-state index in [1.165, 1.54) is 23.1 Å². The van der Waals surface area contributed by atoms with Gasteiger partial charge in [-0.3, -0.25) is 14.6 Å². The highest BCUT2D eigenvalue weighted by molar-refractivity contribution is 6.07. The molecule has 0 radical (unpaired) electrons. The number of carbonyl (C=O) groups is 2. The highest BCUT2D eigenvalue weighted by atomic mass is 19.1. The summed E-state index contributed by atoms with van der Waals surface area (Å²) in [6.45, 7) is 4.21. The second-order valence-electron chi connectivity index (χ2n) is 8.53. The lowest BCUT2D eigenvalue weighted by Crippen LogP contribution is -2.58. The molecule has 2 fully saturated rings. The van der Waals surface area contributed by atoms with Gasteiger partial charge in [-0.2, -0.15) is 0 Å². The molecular weight excluding hydrogens is 414 g/mol. The summed E-state index contributed by atoms with van der Waals surface area (Å²) in [5.41, 5.74) is 0.136. The number of hydrogen-bond donors (Lipinski definition) is 1. The number of nitrogens with one attached hydrogen (secondary N) is 1. The van der Waals surface area contributed by atoms with E-state index >= 15 is 0 Å². The summed E-state index contributed by atoms with van der Waals surface area (Å²) in [4.78, 5) is 31.2. The molecule has 0 bridgehead atoms. The van der Waals surface area contributed by atoms with Crippen molar-refractivity contribution < 1.29 is 18.4 Å². The highest BCUT2D eigenvalue weighted by Crippen LogP contribution is 2.29. The minimum Gasteiger partial charge on any atom is -0.322 e. The average molecular weight is 443 g/mol. The Morgan fingerprint density at radius 2 is 1.78 bits per heavy atom. The van der Waals surface area contributed by atoms with E-state index in [4.69, 9.17) is 0 Å². The molecule has 2 heterocycles. The normalized spacial score (nSPS) is 21.6. The van der Waals surface area contributed by atoms with Gasteiger partial charge in [0.1, 0.15) is 17.2 Å². The van der Waals surface area contributed by atoms with Gasteiger partial charge < -0.3 is 5.32 Å². The van der Waals surface area contributed by atoms with E-state index < -0.39 is 23.2 Å². The number of piperidine rings is 1. The Balaban J connectivity index is 1.45. The molecule has 3 amide bonds. The zero-order chi connectivity index (χ0) is 22.7. The fourth-order valence-corrected chi connectivity index (χ4v) is 4.57. The molecule has 1 spiro atoms. The van der Waals surface area contributed by atoms with Crippen molar-refractivity contribution in [2.75, 3.05) is 26.3 Å². The molecule has 6 nitrogen and oxygen atoms in total. The van der Waals surface area contributed by atoms with Crippen LogP contribution in [-0.2, 0) is 17.9 Å². The molecule has 1 unspecified atom stereocenters. The van der Waals surface area contributed by atoms with Crippen molar-refractivity contribution in [2.45, 2.75) is 38.4 Å². The van der Waals surface area contributed by atoms with Crippen molar-refractivity contribution in [2.24, 2.45) is 0 Å². The first-order valence-corrected chi connectivity index (χ1v) is 11.0. The molecule has 8 heteroatoms. The van der Waals surface area contributed by atoms with E-state index in [0.29, 0.717) is 26.1 Å². The number of urea groups is 1. The lowest BCUT2D eigenvalue weighted by atomic mass is 9.88. The second kappa shape index (κ2) is 9.34. The predicted octanol–water partition coefficient (Wildman–Crippen LogP) is 3.33. The number of imide groups is 1. The van der Waals surface area contributed by atoms with Crippen LogP contribution in [0.25, 0.3) is 0 Å². The van der Waals surface area contributed by atoms with Crippen LogP contribution >= 0.6 is 0 Å². The Labute approximate surface area is 186 Å². The van der Waals surface area contributed by atoms with Crippen molar-refractivity contribution in [3.8, 4) is 0 Å².